The van der Waals surface area contributed by atoms with E-state index in [0.29, 0.717) is 6.01 Å². The molecule has 21 heavy (non-hydrogen) atoms. The molecular formula is C15H21BN2O3. The van der Waals surface area contributed by atoms with Crippen molar-refractivity contribution in [2.45, 2.75) is 45.8 Å². The molecule has 1 N–H and O–H groups in total. The Morgan fingerprint density at radius 1 is 1.14 bits per heavy atom. The van der Waals surface area contributed by atoms with Crippen LogP contribution in [0.4, 0.5) is 6.01 Å². The summed E-state index contributed by atoms with van der Waals surface area (Å²) in [6, 6.07) is 6.37. The van der Waals surface area contributed by atoms with Gasteiger partial charge in [-0.15, -0.1) is 0 Å². The fraction of sp³-hybridized carbons (Fsp3) is 0.533. The third-order valence-corrected chi connectivity index (χ3v) is 4.27. The van der Waals surface area contributed by atoms with E-state index in [-0.39, 0.29) is 18.3 Å². The molecule has 1 aliphatic rings. The lowest BCUT2D eigenvalue weighted by Crippen LogP contribution is -2.41. The molecule has 0 bridgehead atoms. The molecule has 3 rings (SSSR count). The van der Waals surface area contributed by atoms with Gasteiger partial charge in [0.25, 0.3) is 6.01 Å². The van der Waals surface area contributed by atoms with Crippen LogP contribution >= 0.6 is 0 Å². The molecule has 0 saturated carbocycles. The van der Waals surface area contributed by atoms with Gasteiger partial charge in [0.2, 0.25) is 0 Å². The Kier molecular flexibility index (Phi) is 3.26. The number of hydrogen-bond acceptors (Lipinski definition) is 5. The minimum atomic E-state index is -0.376. The maximum absolute atomic E-state index is 6.06. The van der Waals surface area contributed by atoms with Gasteiger partial charge < -0.3 is 19.0 Å². The zero-order valence-electron chi connectivity index (χ0n) is 13.2. The molecule has 1 fully saturated rings. The van der Waals surface area contributed by atoms with Gasteiger partial charge in [0.05, 0.1) is 11.2 Å². The van der Waals surface area contributed by atoms with Crippen molar-refractivity contribution < 1.29 is 13.7 Å². The average molecular weight is 288 g/mol. The van der Waals surface area contributed by atoms with E-state index in [2.05, 4.69) is 10.3 Å². The van der Waals surface area contributed by atoms with Gasteiger partial charge in [-0.1, -0.05) is 6.07 Å². The molecule has 2 heterocycles. The van der Waals surface area contributed by atoms with Crippen LogP contribution in [-0.2, 0) is 9.31 Å². The standard InChI is InChI=1S/C15H21BN2O3/c1-6-17-13-18-11-9-10(7-8-12(11)19-13)16-20-14(2,3)15(4,5)21-16/h7-9H,6H2,1-5H3,(H,17,18). The molecule has 1 aromatic heterocycles. The first-order valence-corrected chi connectivity index (χ1v) is 7.32. The third kappa shape index (κ3) is 2.42. The molecule has 0 aliphatic carbocycles. The highest BCUT2D eigenvalue weighted by molar-refractivity contribution is 6.62. The van der Waals surface area contributed by atoms with E-state index in [4.69, 9.17) is 13.7 Å². The summed E-state index contributed by atoms with van der Waals surface area (Å²) in [6.07, 6.45) is 0. The predicted molar refractivity (Wildman–Crippen MR) is 83.9 cm³/mol. The Bertz CT molecular complexity index is 650. The Hall–Kier alpha value is -1.53. The first kappa shape index (κ1) is 14.4. The topological polar surface area (TPSA) is 56.5 Å². The number of benzene rings is 1. The Morgan fingerprint density at radius 2 is 1.81 bits per heavy atom. The van der Waals surface area contributed by atoms with Crippen LogP contribution in [0.15, 0.2) is 22.6 Å². The van der Waals surface area contributed by atoms with Gasteiger partial charge in [-0.25, -0.2) is 0 Å². The molecule has 0 unspecified atom stereocenters. The van der Waals surface area contributed by atoms with E-state index in [9.17, 15) is 0 Å². The summed E-state index contributed by atoms with van der Waals surface area (Å²) in [4.78, 5) is 4.42. The van der Waals surface area contributed by atoms with Crippen LogP contribution in [0.1, 0.15) is 34.6 Å². The molecular weight excluding hydrogens is 267 g/mol. The molecule has 0 radical (unpaired) electrons. The monoisotopic (exact) mass is 288 g/mol. The molecule has 0 amide bonds. The summed E-state index contributed by atoms with van der Waals surface area (Å²) in [6.45, 7) is 11.0. The minimum absolute atomic E-state index is 0.342. The highest BCUT2D eigenvalue weighted by Crippen LogP contribution is 2.36. The Balaban J connectivity index is 1.91. The van der Waals surface area contributed by atoms with Crippen LogP contribution < -0.4 is 10.8 Å². The third-order valence-electron chi connectivity index (χ3n) is 4.27. The van der Waals surface area contributed by atoms with Crippen LogP contribution in [-0.4, -0.2) is 29.8 Å². The van der Waals surface area contributed by atoms with Crippen molar-refractivity contribution in [2.24, 2.45) is 0 Å². The molecule has 6 heteroatoms. The van der Waals surface area contributed by atoms with Gasteiger partial charge in [0, 0.05) is 6.54 Å². The first-order chi connectivity index (χ1) is 9.82. The quantitative estimate of drug-likeness (QED) is 0.880. The molecule has 5 nitrogen and oxygen atoms in total. The van der Waals surface area contributed by atoms with Crippen LogP contribution in [0.25, 0.3) is 11.1 Å². The lowest BCUT2D eigenvalue weighted by Gasteiger charge is -2.32. The lowest BCUT2D eigenvalue weighted by molar-refractivity contribution is 0.00578. The summed E-state index contributed by atoms with van der Waals surface area (Å²) in [5.74, 6) is 0. The van der Waals surface area contributed by atoms with E-state index >= 15 is 0 Å². The van der Waals surface area contributed by atoms with E-state index in [1.807, 2.05) is 52.8 Å². The van der Waals surface area contributed by atoms with Gasteiger partial charge in [-0.05, 0) is 52.2 Å². The largest absolute Gasteiger partial charge is 0.494 e. The van der Waals surface area contributed by atoms with Crippen molar-refractivity contribution in [1.29, 1.82) is 0 Å². The fourth-order valence-corrected chi connectivity index (χ4v) is 2.30. The van der Waals surface area contributed by atoms with Crippen molar-refractivity contribution in [2.75, 3.05) is 11.9 Å². The van der Waals surface area contributed by atoms with E-state index < -0.39 is 0 Å². The van der Waals surface area contributed by atoms with E-state index in [0.717, 1.165) is 23.1 Å². The fourth-order valence-electron chi connectivity index (χ4n) is 2.30. The molecule has 112 valence electrons. The Morgan fingerprint density at radius 3 is 2.43 bits per heavy atom. The number of hydrogen-bond donors (Lipinski definition) is 1. The van der Waals surface area contributed by atoms with Crippen LogP contribution in [0, 0.1) is 0 Å². The van der Waals surface area contributed by atoms with Gasteiger partial charge in [-0.3, -0.25) is 0 Å². The number of fused-ring (bicyclic) bond motifs is 1. The number of rotatable bonds is 3. The van der Waals surface area contributed by atoms with Crippen molar-refractivity contribution >= 4 is 29.7 Å². The second-order valence-electron chi connectivity index (χ2n) is 6.36. The maximum atomic E-state index is 6.06. The smallest absolute Gasteiger partial charge is 0.424 e. The van der Waals surface area contributed by atoms with Crippen LogP contribution in [0.5, 0.6) is 0 Å². The molecule has 2 aromatic rings. The van der Waals surface area contributed by atoms with Crippen molar-refractivity contribution in [3.05, 3.63) is 18.2 Å². The number of oxazole rings is 1. The zero-order chi connectivity index (χ0) is 15.3. The summed E-state index contributed by atoms with van der Waals surface area (Å²) in [5.41, 5.74) is 1.83. The average Bonchev–Trinajstić information content (AvgIpc) is 2.87. The highest BCUT2D eigenvalue weighted by Gasteiger charge is 2.51. The Labute approximate surface area is 125 Å². The number of nitrogens with zero attached hydrogens (tertiary/aromatic N) is 1. The van der Waals surface area contributed by atoms with E-state index in [1.54, 1.807) is 0 Å². The second-order valence-corrected chi connectivity index (χ2v) is 6.36. The predicted octanol–water partition coefficient (Wildman–Crippen LogP) is 2.56. The minimum Gasteiger partial charge on any atom is -0.424 e. The van der Waals surface area contributed by atoms with Crippen molar-refractivity contribution in [1.82, 2.24) is 4.98 Å². The molecule has 0 spiro atoms. The van der Waals surface area contributed by atoms with Crippen LogP contribution in [0.3, 0.4) is 0 Å². The number of nitrogens with one attached hydrogen (secondary N) is 1. The number of aromatic nitrogens is 1. The second kappa shape index (κ2) is 4.75. The summed E-state index contributed by atoms with van der Waals surface area (Å²) in [7, 11) is -0.376. The lowest BCUT2D eigenvalue weighted by atomic mass is 9.79. The molecule has 0 atom stereocenters. The van der Waals surface area contributed by atoms with Gasteiger partial charge in [-0.2, -0.15) is 4.98 Å². The maximum Gasteiger partial charge on any atom is 0.494 e. The van der Waals surface area contributed by atoms with Crippen molar-refractivity contribution in [3.8, 4) is 0 Å². The molecule has 1 aliphatic heterocycles. The highest BCUT2D eigenvalue weighted by atomic mass is 16.7. The normalized spacial score (nSPS) is 20.1. The first-order valence-electron chi connectivity index (χ1n) is 7.32. The summed E-state index contributed by atoms with van der Waals surface area (Å²) < 4.78 is 17.7. The summed E-state index contributed by atoms with van der Waals surface area (Å²) in [5, 5.41) is 3.07. The SMILES string of the molecule is CCNc1nc2cc(B3OC(C)(C)C(C)(C)O3)ccc2o1. The van der Waals surface area contributed by atoms with E-state index in [1.165, 1.54) is 0 Å². The molecule has 1 aromatic carbocycles. The molecule has 1 saturated heterocycles. The van der Waals surface area contributed by atoms with Crippen molar-refractivity contribution in [3.63, 3.8) is 0 Å². The van der Waals surface area contributed by atoms with Gasteiger partial charge in [0.1, 0.15) is 5.52 Å². The zero-order valence-corrected chi connectivity index (χ0v) is 13.2. The number of anilines is 1. The van der Waals surface area contributed by atoms with Crippen LogP contribution in [0.2, 0.25) is 0 Å². The van der Waals surface area contributed by atoms with Gasteiger partial charge in [0.15, 0.2) is 5.58 Å². The summed E-state index contributed by atoms with van der Waals surface area (Å²) >= 11 is 0. The van der Waals surface area contributed by atoms with Gasteiger partial charge >= 0.3 is 7.12 Å².